The number of hydrogen-bond donors (Lipinski definition) is 2. The molecule has 3 rings (SSSR count). The van der Waals surface area contributed by atoms with E-state index in [2.05, 4.69) is 40.6 Å². The highest BCUT2D eigenvalue weighted by molar-refractivity contribution is 6.32. The van der Waals surface area contributed by atoms with Gasteiger partial charge >= 0.3 is 0 Å². The number of rotatable bonds is 8. The predicted octanol–water partition coefficient (Wildman–Crippen LogP) is 3.11. The highest BCUT2D eigenvalue weighted by Crippen LogP contribution is 2.38. The molecule has 0 atom stereocenters. The summed E-state index contributed by atoms with van der Waals surface area (Å²) in [6.07, 6.45) is 1.75. The van der Waals surface area contributed by atoms with Gasteiger partial charge in [-0.2, -0.15) is 5.10 Å². The molecular formula is C21H30ClN5O2. The lowest BCUT2D eigenvalue weighted by Crippen LogP contribution is -2.38. The van der Waals surface area contributed by atoms with E-state index in [0.29, 0.717) is 24.0 Å². The molecule has 0 bridgehead atoms. The maximum Gasteiger partial charge on any atom is 0.191 e. The van der Waals surface area contributed by atoms with Gasteiger partial charge in [-0.05, 0) is 57.4 Å². The molecule has 2 aromatic rings. The van der Waals surface area contributed by atoms with E-state index < -0.39 is 0 Å². The first kappa shape index (κ1) is 21.3. The number of aromatic nitrogens is 2. The monoisotopic (exact) mass is 419 g/mol. The Labute approximate surface area is 177 Å². The van der Waals surface area contributed by atoms with Gasteiger partial charge in [0.05, 0.1) is 10.7 Å². The van der Waals surface area contributed by atoms with Crippen LogP contribution in [0, 0.1) is 13.8 Å². The molecule has 158 valence electrons. The summed E-state index contributed by atoms with van der Waals surface area (Å²) in [5.74, 6) is 2.19. The van der Waals surface area contributed by atoms with Crippen molar-refractivity contribution in [1.29, 1.82) is 0 Å². The van der Waals surface area contributed by atoms with Gasteiger partial charge in [0.15, 0.2) is 17.5 Å². The van der Waals surface area contributed by atoms with Crippen LogP contribution in [0.4, 0.5) is 0 Å². The van der Waals surface area contributed by atoms with Gasteiger partial charge in [0.25, 0.3) is 0 Å². The highest BCUT2D eigenvalue weighted by Gasteiger charge is 2.16. The fourth-order valence-corrected chi connectivity index (χ4v) is 3.58. The first-order chi connectivity index (χ1) is 14.1. The number of guanidine groups is 1. The second-order valence-electron chi connectivity index (χ2n) is 7.04. The van der Waals surface area contributed by atoms with Crippen LogP contribution in [-0.2, 0) is 13.0 Å². The predicted molar refractivity (Wildman–Crippen MR) is 116 cm³/mol. The van der Waals surface area contributed by atoms with Crippen molar-refractivity contribution in [2.24, 2.45) is 4.99 Å². The Morgan fingerprint density at radius 2 is 2.03 bits per heavy atom. The number of nitrogens with one attached hydrogen (secondary N) is 2. The molecule has 1 aliphatic rings. The van der Waals surface area contributed by atoms with Gasteiger partial charge in [0, 0.05) is 31.9 Å². The van der Waals surface area contributed by atoms with E-state index in [9.17, 15) is 0 Å². The minimum atomic E-state index is 0.537. The minimum absolute atomic E-state index is 0.537. The molecule has 0 fully saturated rings. The maximum atomic E-state index is 6.32. The number of fused-ring (bicyclic) bond motifs is 1. The Morgan fingerprint density at radius 1 is 1.21 bits per heavy atom. The van der Waals surface area contributed by atoms with Gasteiger partial charge in [0.1, 0.15) is 13.2 Å². The average molecular weight is 420 g/mol. The molecule has 29 heavy (non-hydrogen) atoms. The van der Waals surface area contributed by atoms with E-state index in [4.69, 9.17) is 21.1 Å². The number of halogens is 1. The van der Waals surface area contributed by atoms with Crippen LogP contribution >= 0.6 is 11.6 Å². The van der Waals surface area contributed by atoms with Gasteiger partial charge in [0.2, 0.25) is 0 Å². The zero-order valence-corrected chi connectivity index (χ0v) is 18.2. The molecule has 1 aromatic heterocycles. The number of aryl methyl sites for hydroxylation is 3. The number of aliphatic imine (C=N–C) groups is 1. The summed E-state index contributed by atoms with van der Waals surface area (Å²) >= 11 is 6.32. The van der Waals surface area contributed by atoms with Gasteiger partial charge < -0.3 is 20.1 Å². The first-order valence-corrected chi connectivity index (χ1v) is 10.6. The fourth-order valence-electron chi connectivity index (χ4n) is 3.29. The topological polar surface area (TPSA) is 72.7 Å². The van der Waals surface area contributed by atoms with E-state index in [-0.39, 0.29) is 0 Å². The molecule has 0 aliphatic carbocycles. The Kier molecular flexibility index (Phi) is 7.63. The Balaban J connectivity index is 1.48. The molecular weight excluding hydrogens is 390 g/mol. The Bertz CT molecular complexity index is 850. The third-order valence-electron chi connectivity index (χ3n) is 4.61. The van der Waals surface area contributed by atoms with Crippen LogP contribution in [0.2, 0.25) is 5.02 Å². The standard InChI is InChI=1S/C21H30ClN5O2/c1-4-23-21(24-7-5-9-27-16(3)12-15(2)26-27)25-8-6-17-13-18(22)20-19(14-17)28-10-11-29-20/h12-14H,4-11H2,1-3H3,(H2,23,24,25). The molecule has 0 amide bonds. The van der Waals surface area contributed by atoms with E-state index in [1.54, 1.807) is 0 Å². The smallest absolute Gasteiger partial charge is 0.191 e. The lowest BCUT2D eigenvalue weighted by Gasteiger charge is -2.20. The summed E-state index contributed by atoms with van der Waals surface area (Å²) in [5, 5.41) is 11.8. The van der Waals surface area contributed by atoms with Crippen LogP contribution in [0.1, 0.15) is 30.3 Å². The van der Waals surface area contributed by atoms with Crippen LogP contribution in [0.5, 0.6) is 11.5 Å². The number of nitrogens with zero attached hydrogens (tertiary/aromatic N) is 3. The van der Waals surface area contributed by atoms with Crippen LogP contribution in [0.25, 0.3) is 0 Å². The zero-order chi connectivity index (χ0) is 20.6. The second-order valence-corrected chi connectivity index (χ2v) is 7.45. The van der Waals surface area contributed by atoms with Crippen molar-refractivity contribution in [1.82, 2.24) is 20.4 Å². The average Bonchev–Trinajstić information content (AvgIpc) is 3.02. The summed E-state index contributed by atoms with van der Waals surface area (Å²) in [5.41, 5.74) is 3.35. The van der Waals surface area contributed by atoms with Crippen molar-refractivity contribution in [2.45, 2.75) is 40.2 Å². The molecule has 0 saturated carbocycles. The fraction of sp³-hybridized carbons (Fsp3) is 0.524. The molecule has 0 radical (unpaired) electrons. The van der Waals surface area contributed by atoms with E-state index >= 15 is 0 Å². The van der Waals surface area contributed by atoms with Crippen LogP contribution in [0.15, 0.2) is 23.2 Å². The number of benzene rings is 1. The second kappa shape index (κ2) is 10.4. The third-order valence-corrected chi connectivity index (χ3v) is 4.89. The number of hydrogen-bond acceptors (Lipinski definition) is 4. The molecule has 7 nitrogen and oxygen atoms in total. The molecule has 0 saturated heterocycles. The summed E-state index contributed by atoms with van der Waals surface area (Å²) < 4.78 is 13.3. The van der Waals surface area contributed by atoms with Crippen molar-refractivity contribution in [3.8, 4) is 11.5 Å². The van der Waals surface area contributed by atoms with Gasteiger partial charge in [-0.3, -0.25) is 9.67 Å². The minimum Gasteiger partial charge on any atom is -0.486 e. The van der Waals surface area contributed by atoms with Crippen molar-refractivity contribution >= 4 is 17.6 Å². The summed E-state index contributed by atoms with van der Waals surface area (Å²) in [4.78, 5) is 4.67. The summed E-state index contributed by atoms with van der Waals surface area (Å²) in [6.45, 7) is 10.4. The zero-order valence-electron chi connectivity index (χ0n) is 17.4. The van der Waals surface area contributed by atoms with Crippen molar-refractivity contribution < 1.29 is 9.47 Å². The van der Waals surface area contributed by atoms with Gasteiger partial charge in [-0.15, -0.1) is 0 Å². The molecule has 1 aromatic carbocycles. The molecule has 0 unspecified atom stereocenters. The third kappa shape index (κ3) is 6.03. The lowest BCUT2D eigenvalue weighted by atomic mass is 10.1. The summed E-state index contributed by atoms with van der Waals surface area (Å²) in [7, 11) is 0. The normalized spacial score (nSPS) is 13.4. The van der Waals surface area contributed by atoms with Crippen LogP contribution in [0.3, 0.4) is 0 Å². The van der Waals surface area contributed by atoms with Crippen molar-refractivity contribution in [2.75, 3.05) is 32.8 Å². The summed E-state index contributed by atoms with van der Waals surface area (Å²) in [6, 6.07) is 6.04. The van der Waals surface area contributed by atoms with Crippen LogP contribution < -0.4 is 20.1 Å². The largest absolute Gasteiger partial charge is 0.486 e. The first-order valence-electron chi connectivity index (χ1n) is 10.2. The van der Waals surface area contributed by atoms with Gasteiger partial charge in [-0.25, -0.2) is 0 Å². The molecule has 1 aliphatic heterocycles. The maximum absolute atomic E-state index is 6.32. The van der Waals surface area contributed by atoms with Crippen LogP contribution in [-0.4, -0.2) is 48.6 Å². The molecule has 2 heterocycles. The van der Waals surface area contributed by atoms with Crippen molar-refractivity contribution in [3.05, 3.63) is 40.2 Å². The molecule has 2 N–H and O–H groups in total. The number of ether oxygens (including phenoxy) is 2. The highest BCUT2D eigenvalue weighted by atomic mass is 35.5. The lowest BCUT2D eigenvalue weighted by molar-refractivity contribution is 0.171. The van der Waals surface area contributed by atoms with E-state index in [0.717, 1.165) is 62.0 Å². The quantitative estimate of drug-likeness (QED) is 0.390. The molecule has 8 heteroatoms. The Morgan fingerprint density at radius 3 is 2.79 bits per heavy atom. The van der Waals surface area contributed by atoms with Gasteiger partial charge in [-0.1, -0.05) is 11.6 Å². The van der Waals surface area contributed by atoms with Crippen molar-refractivity contribution in [3.63, 3.8) is 0 Å². The van der Waals surface area contributed by atoms with E-state index in [1.807, 2.05) is 23.7 Å². The SMILES string of the molecule is CCNC(=NCCCn1nc(C)cc1C)NCCc1cc(Cl)c2c(c1)OCCO2. The molecule has 0 spiro atoms. The van der Waals surface area contributed by atoms with E-state index in [1.165, 1.54) is 5.69 Å². The Hall–Kier alpha value is -2.41.